The number of hydrogen-bond acceptors (Lipinski definition) is 3. The number of carbonyl (C=O) groups is 1. The van der Waals surface area contributed by atoms with E-state index < -0.39 is 0 Å². The zero-order valence-corrected chi connectivity index (χ0v) is 10.0. The Hall–Kier alpha value is -1.52. The number of rotatable bonds is 6. The van der Waals surface area contributed by atoms with E-state index in [1.165, 1.54) is 0 Å². The molecule has 2 N–H and O–H groups in total. The molecule has 0 radical (unpaired) electrons. The lowest BCUT2D eigenvalue weighted by molar-refractivity contribution is -0.131. The second-order valence-electron chi connectivity index (χ2n) is 3.80. The first kappa shape index (κ1) is 12.5. The topological polar surface area (TPSA) is 64.2 Å². The fourth-order valence-corrected chi connectivity index (χ4v) is 1.51. The highest BCUT2D eigenvalue weighted by Gasteiger charge is 2.11. The predicted octanol–water partition coefficient (Wildman–Crippen LogP) is 1.11. The molecule has 0 bridgehead atoms. The Morgan fingerprint density at radius 1 is 1.56 bits per heavy atom. The Labute approximate surface area is 96.2 Å². The molecule has 0 aliphatic heterocycles. The minimum Gasteiger partial charge on any atom is -0.396 e. The van der Waals surface area contributed by atoms with Gasteiger partial charge in [0.2, 0.25) is 5.91 Å². The molecule has 0 saturated heterocycles. The van der Waals surface area contributed by atoms with Gasteiger partial charge in [0.25, 0.3) is 0 Å². The minimum atomic E-state index is 0.0963. The van der Waals surface area contributed by atoms with Crippen molar-refractivity contribution in [3.63, 3.8) is 0 Å². The van der Waals surface area contributed by atoms with E-state index in [1.54, 1.807) is 17.1 Å². The zero-order valence-electron chi connectivity index (χ0n) is 10.0. The SMILES string of the molecule is CCCCN(CC)C(=O)Cn1cc(N)cn1. The molecule has 1 aromatic heterocycles. The first-order chi connectivity index (χ1) is 7.67. The number of anilines is 1. The molecule has 0 aliphatic carbocycles. The van der Waals surface area contributed by atoms with Crippen molar-refractivity contribution in [2.45, 2.75) is 33.2 Å². The predicted molar refractivity (Wildman–Crippen MR) is 63.8 cm³/mol. The Bertz CT molecular complexity index is 334. The summed E-state index contributed by atoms with van der Waals surface area (Å²) in [6.45, 7) is 5.95. The van der Waals surface area contributed by atoms with Gasteiger partial charge in [0, 0.05) is 19.3 Å². The summed E-state index contributed by atoms with van der Waals surface area (Å²) in [5.74, 6) is 0.0963. The number of carbonyl (C=O) groups excluding carboxylic acids is 1. The van der Waals surface area contributed by atoms with Crippen LogP contribution in [0.4, 0.5) is 5.69 Å². The molecule has 0 saturated carbocycles. The summed E-state index contributed by atoms with van der Waals surface area (Å²) in [6.07, 6.45) is 5.36. The maximum Gasteiger partial charge on any atom is 0.244 e. The Balaban J connectivity index is 2.49. The van der Waals surface area contributed by atoms with Gasteiger partial charge in [-0.2, -0.15) is 5.10 Å². The number of unbranched alkanes of at least 4 members (excludes halogenated alkanes) is 1. The minimum absolute atomic E-state index is 0.0963. The largest absolute Gasteiger partial charge is 0.396 e. The smallest absolute Gasteiger partial charge is 0.244 e. The molecule has 1 rings (SSSR count). The van der Waals surface area contributed by atoms with Crippen LogP contribution in [0.15, 0.2) is 12.4 Å². The van der Waals surface area contributed by atoms with E-state index in [1.807, 2.05) is 11.8 Å². The molecule has 16 heavy (non-hydrogen) atoms. The van der Waals surface area contributed by atoms with Crippen LogP contribution in [0.5, 0.6) is 0 Å². The van der Waals surface area contributed by atoms with Crippen molar-refractivity contribution in [2.24, 2.45) is 0 Å². The molecule has 0 aromatic carbocycles. The van der Waals surface area contributed by atoms with Crippen LogP contribution in [0, 0.1) is 0 Å². The van der Waals surface area contributed by atoms with Crippen LogP contribution in [0.1, 0.15) is 26.7 Å². The molecule has 90 valence electrons. The molecular weight excluding hydrogens is 204 g/mol. The number of likely N-dealkylation sites (N-methyl/N-ethyl adjacent to an activating group) is 1. The van der Waals surface area contributed by atoms with Gasteiger partial charge >= 0.3 is 0 Å². The monoisotopic (exact) mass is 224 g/mol. The maximum absolute atomic E-state index is 11.9. The van der Waals surface area contributed by atoms with E-state index in [9.17, 15) is 4.79 Å². The van der Waals surface area contributed by atoms with Crippen molar-refractivity contribution >= 4 is 11.6 Å². The third kappa shape index (κ3) is 3.56. The summed E-state index contributed by atoms with van der Waals surface area (Å²) >= 11 is 0. The number of aromatic nitrogens is 2. The van der Waals surface area contributed by atoms with Gasteiger partial charge in [-0.25, -0.2) is 0 Å². The van der Waals surface area contributed by atoms with E-state index in [0.29, 0.717) is 5.69 Å². The van der Waals surface area contributed by atoms with E-state index >= 15 is 0 Å². The van der Waals surface area contributed by atoms with Gasteiger partial charge in [0.15, 0.2) is 0 Å². The van der Waals surface area contributed by atoms with Crippen LogP contribution in [-0.4, -0.2) is 33.7 Å². The number of amides is 1. The summed E-state index contributed by atoms with van der Waals surface area (Å²) in [5, 5.41) is 4.00. The van der Waals surface area contributed by atoms with Crippen molar-refractivity contribution in [3.8, 4) is 0 Å². The standard InChI is InChI=1S/C11H20N4O/c1-3-5-6-14(4-2)11(16)9-15-8-10(12)7-13-15/h7-8H,3-6,9,12H2,1-2H3. The lowest BCUT2D eigenvalue weighted by atomic mass is 10.3. The van der Waals surface area contributed by atoms with Crippen molar-refractivity contribution in [1.29, 1.82) is 0 Å². The quantitative estimate of drug-likeness (QED) is 0.787. The summed E-state index contributed by atoms with van der Waals surface area (Å²) in [7, 11) is 0. The van der Waals surface area contributed by atoms with E-state index in [2.05, 4.69) is 12.0 Å². The summed E-state index contributed by atoms with van der Waals surface area (Å²) < 4.78 is 1.58. The van der Waals surface area contributed by atoms with Gasteiger partial charge < -0.3 is 10.6 Å². The van der Waals surface area contributed by atoms with Gasteiger partial charge in [-0.1, -0.05) is 13.3 Å². The van der Waals surface area contributed by atoms with Gasteiger partial charge in [-0.3, -0.25) is 9.48 Å². The molecule has 0 unspecified atom stereocenters. The van der Waals surface area contributed by atoms with Crippen LogP contribution in [0.25, 0.3) is 0 Å². The molecule has 1 heterocycles. The zero-order chi connectivity index (χ0) is 12.0. The number of nitrogens with two attached hydrogens (primary N) is 1. The van der Waals surface area contributed by atoms with Gasteiger partial charge in [0.05, 0.1) is 11.9 Å². The van der Waals surface area contributed by atoms with E-state index in [4.69, 9.17) is 5.73 Å². The van der Waals surface area contributed by atoms with Gasteiger partial charge in [0.1, 0.15) is 6.54 Å². The lowest BCUT2D eigenvalue weighted by Crippen LogP contribution is -2.34. The Kier molecular flexibility index (Phi) is 4.82. The molecular formula is C11H20N4O. The van der Waals surface area contributed by atoms with Crippen molar-refractivity contribution in [2.75, 3.05) is 18.8 Å². The van der Waals surface area contributed by atoms with Gasteiger partial charge in [-0.15, -0.1) is 0 Å². The molecule has 5 heteroatoms. The third-order valence-corrected chi connectivity index (χ3v) is 2.47. The number of nitrogens with zero attached hydrogens (tertiary/aromatic N) is 3. The molecule has 0 aliphatic rings. The van der Waals surface area contributed by atoms with Gasteiger partial charge in [-0.05, 0) is 13.3 Å². The second kappa shape index (κ2) is 6.15. The highest BCUT2D eigenvalue weighted by atomic mass is 16.2. The highest BCUT2D eigenvalue weighted by Crippen LogP contribution is 2.01. The lowest BCUT2D eigenvalue weighted by Gasteiger charge is -2.20. The highest BCUT2D eigenvalue weighted by molar-refractivity contribution is 5.75. The average molecular weight is 224 g/mol. The molecule has 0 spiro atoms. The normalized spacial score (nSPS) is 10.4. The molecule has 5 nitrogen and oxygen atoms in total. The molecule has 1 amide bonds. The van der Waals surface area contributed by atoms with Crippen molar-refractivity contribution in [1.82, 2.24) is 14.7 Å². The fourth-order valence-electron chi connectivity index (χ4n) is 1.51. The van der Waals surface area contributed by atoms with Crippen LogP contribution >= 0.6 is 0 Å². The third-order valence-electron chi connectivity index (χ3n) is 2.47. The van der Waals surface area contributed by atoms with Crippen LogP contribution in [0.3, 0.4) is 0 Å². The Morgan fingerprint density at radius 2 is 2.31 bits per heavy atom. The first-order valence-corrected chi connectivity index (χ1v) is 5.73. The van der Waals surface area contributed by atoms with Crippen LogP contribution in [-0.2, 0) is 11.3 Å². The summed E-state index contributed by atoms with van der Waals surface area (Å²) in [4.78, 5) is 13.7. The number of hydrogen-bond donors (Lipinski definition) is 1. The number of nitrogen functional groups attached to an aromatic ring is 1. The van der Waals surface area contributed by atoms with Crippen molar-refractivity contribution < 1.29 is 4.79 Å². The summed E-state index contributed by atoms with van der Waals surface area (Å²) in [6, 6.07) is 0. The average Bonchev–Trinajstić information content (AvgIpc) is 2.65. The molecule has 1 aromatic rings. The molecule has 0 atom stereocenters. The van der Waals surface area contributed by atoms with Crippen molar-refractivity contribution in [3.05, 3.63) is 12.4 Å². The maximum atomic E-state index is 11.9. The van der Waals surface area contributed by atoms with Crippen LogP contribution in [0.2, 0.25) is 0 Å². The summed E-state index contributed by atoms with van der Waals surface area (Å²) in [5.41, 5.74) is 6.12. The second-order valence-corrected chi connectivity index (χ2v) is 3.80. The van der Waals surface area contributed by atoms with E-state index in [0.717, 1.165) is 25.9 Å². The fraction of sp³-hybridized carbons (Fsp3) is 0.636. The van der Waals surface area contributed by atoms with Crippen LogP contribution < -0.4 is 5.73 Å². The van der Waals surface area contributed by atoms with E-state index in [-0.39, 0.29) is 12.5 Å². The first-order valence-electron chi connectivity index (χ1n) is 5.73. The molecule has 0 fully saturated rings. The Morgan fingerprint density at radius 3 is 2.81 bits per heavy atom.